The first-order chi connectivity index (χ1) is 9.13. The van der Waals surface area contributed by atoms with Crippen LogP contribution in [-0.2, 0) is 4.79 Å². The Labute approximate surface area is 141 Å². The highest BCUT2D eigenvalue weighted by molar-refractivity contribution is 5.85. The van der Waals surface area contributed by atoms with Crippen molar-refractivity contribution in [3.63, 3.8) is 0 Å². The molecule has 6 heteroatoms. The molecule has 0 spiro atoms. The lowest BCUT2D eigenvalue weighted by atomic mass is 10.1. The Balaban J connectivity index is 0.00000200. The second-order valence-electron chi connectivity index (χ2n) is 6.61. The van der Waals surface area contributed by atoms with Gasteiger partial charge in [-0.25, -0.2) is 0 Å². The number of nitrogens with one attached hydrogen (secondary N) is 2. The minimum Gasteiger partial charge on any atom is -0.356 e. The highest BCUT2D eigenvalue weighted by Gasteiger charge is 2.24. The van der Waals surface area contributed by atoms with E-state index in [9.17, 15) is 4.79 Å². The first-order valence-electron chi connectivity index (χ1n) is 7.86. The fraction of sp³-hybridized carbons (Fsp3) is 0.933. The molecule has 0 bridgehead atoms. The second-order valence-corrected chi connectivity index (χ2v) is 6.61. The van der Waals surface area contributed by atoms with Crippen molar-refractivity contribution in [3.8, 4) is 0 Å². The number of halogens is 2. The molecule has 2 heterocycles. The van der Waals surface area contributed by atoms with Crippen molar-refractivity contribution in [1.82, 2.24) is 15.5 Å². The molecule has 0 radical (unpaired) electrons. The van der Waals surface area contributed by atoms with Crippen LogP contribution in [0.5, 0.6) is 0 Å². The third-order valence-corrected chi connectivity index (χ3v) is 4.18. The highest BCUT2D eigenvalue weighted by Crippen LogP contribution is 2.16. The summed E-state index contributed by atoms with van der Waals surface area (Å²) in [6.07, 6.45) is 4.25. The Morgan fingerprint density at radius 1 is 1.33 bits per heavy atom. The Morgan fingerprint density at radius 2 is 2.10 bits per heavy atom. The molecule has 0 aromatic rings. The van der Waals surface area contributed by atoms with Crippen molar-refractivity contribution in [3.05, 3.63) is 0 Å². The molecule has 2 atom stereocenters. The van der Waals surface area contributed by atoms with E-state index in [1.165, 1.54) is 25.9 Å². The molecule has 0 aromatic carbocycles. The van der Waals surface area contributed by atoms with Crippen LogP contribution in [0.3, 0.4) is 0 Å². The molecule has 4 nitrogen and oxygen atoms in total. The van der Waals surface area contributed by atoms with Gasteiger partial charge in [0, 0.05) is 32.1 Å². The van der Waals surface area contributed by atoms with Gasteiger partial charge < -0.3 is 15.5 Å². The van der Waals surface area contributed by atoms with E-state index in [2.05, 4.69) is 29.4 Å². The summed E-state index contributed by atoms with van der Waals surface area (Å²) < 4.78 is 0. The van der Waals surface area contributed by atoms with E-state index in [0.29, 0.717) is 18.4 Å². The van der Waals surface area contributed by atoms with E-state index in [4.69, 9.17) is 0 Å². The summed E-state index contributed by atoms with van der Waals surface area (Å²) in [5.41, 5.74) is 0. The van der Waals surface area contributed by atoms with Crippen molar-refractivity contribution in [1.29, 1.82) is 0 Å². The first kappa shape index (κ1) is 21.0. The van der Waals surface area contributed by atoms with E-state index in [1.807, 2.05) is 0 Å². The monoisotopic (exact) mass is 339 g/mol. The summed E-state index contributed by atoms with van der Waals surface area (Å²) in [7, 11) is 0. The van der Waals surface area contributed by atoms with Gasteiger partial charge in [-0.2, -0.15) is 0 Å². The first-order valence-corrected chi connectivity index (χ1v) is 7.86. The van der Waals surface area contributed by atoms with E-state index in [0.717, 1.165) is 32.0 Å². The van der Waals surface area contributed by atoms with E-state index < -0.39 is 0 Å². The van der Waals surface area contributed by atoms with Crippen LogP contribution in [0.1, 0.15) is 39.5 Å². The summed E-state index contributed by atoms with van der Waals surface area (Å²) in [4.78, 5) is 14.4. The fourth-order valence-corrected chi connectivity index (χ4v) is 3.25. The average Bonchev–Trinajstić information content (AvgIpc) is 2.97. The molecule has 2 fully saturated rings. The molecule has 0 saturated carbocycles. The summed E-state index contributed by atoms with van der Waals surface area (Å²) in [5, 5.41) is 6.49. The number of likely N-dealkylation sites (tertiary alicyclic amines) is 1. The van der Waals surface area contributed by atoms with Crippen LogP contribution in [0.15, 0.2) is 0 Å². The van der Waals surface area contributed by atoms with Gasteiger partial charge in [0.05, 0.1) is 0 Å². The van der Waals surface area contributed by atoms with Crippen LogP contribution in [-0.4, -0.2) is 49.6 Å². The third-order valence-electron chi connectivity index (χ3n) is 4.18. The largest absolute Gasteiger partial charge is 0.356 e. The van der Waals surface area contributed by atoms with E-state index >= 15 is 0 Å². The van der Waals surface area contributed by atoms with Crippen molar-refractivity contribution in [2.75, 3.05) is 32.7 Å². The van der Waals surface area contributed by atoms with E-state index in [-0.39, 0.29) is 30.7 Å². The minimum absolute atomic E-state index is 0. The van der Waals surface area contributed by atoms with Crippen LogP contribution in [0.2, 0.25) is 0 Å². The van der Waals surface area contributed by atoms with Gasteiger partial charge in [0.2, 0.25) is 5.91 Å². The maximum Gasteiger partial charge on any atom is 0.221 e. The van der Waals surface area contributed by atoms with Gasteiger partial charge >= 0.3 is 0 Å². The molecule has 2 aliphatic rings. The van der Waals surface area contributed by atoms with Crippen LogP contribution < -0.4 is 10.6 Å². The summed E-state index contributed by atoms with van der Waals surface area (Å²) in [6.45, 7) is 10.0. The van der Waals surface area contributed by atoms with Crippen molar-refractivity contribution >= 4 is 30.7 Å². The summed E-state index contributed by atoms with van der Waals surface area (Å²) in [6, 6.07) is 0.418. The van der Waals surface area contributed by atoms with Gasteiger partial charge in [0.1, 0.15) is 0 Å². The Bertz CT molecular complexity index is 297. The normalized spacial score (nSPS) is 25.5. The lowest BCUT2D eigenvalue weighted by molar-refractivity contribution is -0.121. The SMILES string of the molecule is CC(C)CN1CCC(CNC(=O)CC2CCCN2)C1.Cl.Cl. The second kappa shape index (κ2) is 10.7. The molecule has 21 heavy (non-hydrogen) atoms. The fourth-order valence-electron chi connectivity index (χ4n) is 3.25. The molecule has 1 amide bonds. The molecule has 0 aromatic heterocycles. The maximum atomic E-state index is 11.9. The van der Waals surface area contributed by atoms with Gasteiger partial charge in [-0.15, -0.1) is 24.8 Å². The molecular formula is C15H31Cl2N3O. The zero-order chi connectivity index (χ0) is 13.7. The minimum atomic E-state index is 0. The number of carbonyl (C=O) groups excluding carboxylic acids is 1. The Hall–Kier alpha value is -0.0300. The molecule has 2 saturated heterocycles. The number of hydrogen-bond acceptors (Lipinski definition) is 3. The molecule has 0 aliphatic carbocycles. The Kier molecular flexibility index (Phi) is 10.6. The van der Waals surface area contributed by atoms with Crippen LogP contribution >= 0.6 is 24.8 Å². The molecule has 2 rings (SSSR count). The molecule has 2 N–H and O–H groups in total. The quantitative estimate of drug-likeness (QED) is 0.778. The third kappa shape index (κ3) is 7.68. The number of hydrogen-bond donors (Lipinski definition) is 2. The predicted molar refractivity (Wildman–Crippen MR) is 92.5 cm³/mol. The van der Waals surface area contributed by atoms with Crippen LogP contribution in [0.4, 0.5) is 0 Å². The molecular weight excluding hydrogens is 309 g/mol. The van der Waals surface area contributed by atoms with Gasteiger partial charge in [0.25, 0.3) is 0 Å². The average molecular weight is 340 g/mol. The smallest absolute Gasteiger partial charge is 0.221 e. The zero-order valence-corrected chi connectivity index (χ0v) is 14.9. The highest BCUT2D eigenvalue weighted by atomic mass is 35.5. The molecule has 2 aliphatic heterocycles. The Morgan fingerprint density at radius 3 is 2.71 bits per heavy atom. The van der Waals surface area contributed by atoms with Crippen molar-refractivity contribution < 1.29 is 4.79 Å². The maximum absolute atomic E-state index is 11.9. The van der Waals surface area contributed by atoms with Crippen LogP contribution in [0, 0.1) is 11.8 Å². The predicted octanol–water partition coefficient (Wildman–Crippen LogP) is 2.07. The summed E-state index contributed by atoms with van der Waals surface area (Å²) in [5.74, 6) is 1.61. The molecule has 126 valence electrons. The number of carbonyl (C=O) groups is 1. The lowest BCUT2D eigenvalue weighted by Crippen LogP contribution is -2.35. The number of nitrogens with zero attached hydrogens (tertiary/aromatic N) is 1. The van der Waals surface area contributed by atoms with Crippen molar-refractivity contribution in [2.24, 2.45) is 11.8 Å². The van der Waals surface area contributed by atoms with Gasteiger partial charge in [0.15, 0.2) is 0 Å². The standard InChI is InChI=1S/C15H29N3O.2ClH/c1-12(2)10-18-7-5-13(11-18)9-17-15(19)8-14-4-3-6-16-14;;/h12-14,16H,3-11H2,1-2H3,(H,17,19);2*1H. The molecule has 2 unspecified atom stereocenters. The van der Waals surface area contributed by atoms with E-state index in [1.54, 1.807) is 0 Å². The van der Waals surface area contributed by atoms with Gasteiger partial charge in [-0.1, -0.05) is 13.8 Å². The van der Waals surface area contributed by atoms with Crippen molar-refractivity contribution in [2.45, 2.75) is 45.6 Å². The number of rotatable bonds is 6. The van der Waals surface area contributed by atoms with Gasteiger partial charge in [-0.3, -0.25) is 4.79 Å². The summed E-state index contributed by atoms with van der Waals surface area (Å²) >= 11 is 0. The van der Waals surface area contributed by atoms with Gasteiger partial charge in [-0.05, 0) is 44.2 Å². The lowest BCUT2D eigenvalue weighted by Gasteiger charge is -2.18. The number of amides is 1. The topological polar surface area (TPSA) is 44.4 Å². The zero-order valence-electron chi connectivity index (χ0n) is 13.3. The van der Waals surface area contributed by atoms with Crippen LogP contribution in [0.25, 0.3) is 0 Å².